The maximum absolute atomic E-state index is 12.5. The lowest BCUT2D eigenvalue weighted by Crippen LogP contribution is -2.04. The highest BCUT2D eigenvalue weighted by atomic mass is 19.4. The van der Waals surface area contributed by atoms with E-state index in [1.165, 1.54) is 12.1 Å². The Bertz CT molecular complexity index is 571. The number of aliphatic hydroxyl groups excluding tert-OH is 1. The second-order valence-electron chi connectivity index (χ2n) is 4.37. The molecule has 2 aromatic rings. The lowest BCUT2D eigenvalue weighted by atomic mass is 9.99. The van der Waals surface area contributed by atoms with Crippen molar-refractivity contribution in [3.05, 3.63) is 59.2 Å². The third kappa shape index (κ3) is 2.96. The van der Waals surface area contributed by atoms with Crippen LogP contribution in [0.1, 0.15) is 16.7 Å². The van der Waals surface area contributed by atoms with Crippen LogP contribution >= 0.6 is 0 Å². The fraction of sp³-hybridized carbons (Fsp3) is 0.200. The monoisotopic (exact) mass is 266 g/mol. The Hall–Kier alpha value is -1.81. The van der Waals surface area contributed by atoms with Crippen LogP contribution in [0.15, 0.2) is 42.5 Å². The van der Waals surface area contributed by atoms with Crippen molar-refractivity contribution in [1.82, 2.24) is 0 Å². The number of aliphatic hydroxyl groups is 1. The first-order valence-corrected chi connectivity index (χ1v) is 5.80. The van der Waals surface area contributed by atoms with Gasteiger partial charge in [-0.2, -0.15) is 13.2 Å². The lowest BCUT2D eigenvalue weighted by molar-refractivity contribution is -0.137. The maximum atomic E-state index is 12.5. The molecule has 0 amide bonds. The number of hydrogen-bond acceptors (Lipinski definition) is 1. The van der Waals surface area contributed by atoms with Gasteiger partial charge in [0, 0.05) is 0 Å². The Morgan fingerprint density at radius 1 is 0.947 bits per heavy atom. The van der Waals surface area contributed by atoms with Crippen molar-refractivity contribution in [2.45, 2.75) is 19.7 Å². The molecule has 19 heavy (non-hydrogen) atoms. The van der Waals surface area contributed by atoms with Gasteiger partial charge in [0.2, 0.25) is 0 Å². The number of halogens is 3. The molecule has 0 saturated carbocycles. The van der Waals surface area contributed by atoms with E-state index in [2.05, 4.69) is 0 Å². The van der Waals surface area contributed by atoms with Crippen molar-refractivity contribution in [3.63, 3.8) is 0 Å². The normalized spacial score (nSPS) is 11.6. The Morgan fingerprint density at radius 3 is 2.00 bits per heavy atom. The van der Waals surface area contributed by atoms with Gasteiger partial charge >= 0.3 is 6.18 Å². The maximum Gasteiger partial charge on any atom is 0.416 e. The highest BCUT2D eigenvalue weighted by Crippen LogP contribution is 2.31. The molecule has 0 aliphatic heterocycles. The second-order valence-corrected chi connectivity index (χ2v) is 4.37. The predicted molar refractivity (Wildman–Crippen MR) is 67.5 cm³/mol. The van der Waals surface area contributed by atoms with Crippen LogP contribution in [-0.4, -0.2) is 5.11 Å². The summed E-state index contributed by atoms with van der Waals surface area (Å²) in [5, 5.41) is 9.08. The molecule has 0 unspecified atom stereocenters. The topological polar surface area (TPSA) is 20.2 Å². The average Bonchev–Trinajstić information content (AvgIpc) is 2.38. The molecule has 0 spiro atoms. The Morgan fingerprint density at radius 2 is 1.53 bits per heavy atom. The van der Waals surface area contributed by atoms with Crippen molar-refractivity contribution < 1.29 is 18.3 Å². The summed E-state index contributed by atoms with van der Waals surface area (Å²) >= 11 is 0. The SMILES string of the molecule is Cc1cc(-c2ccc(C(F)(F)F)cc2)ccc1CO. The summed E-state index contributed by atoms with van der Waals surface area (Å²) in [6.45, 7) is 1.82. The second kappa shape index (κ2) is 5.05. The number of alkyl halides is 3. The molecule has 0 bridgehead atoms. The average molecular weight is 266 g/mol. The van der Waals surface area contributed by atoms with E-state index >= 15 is 0 Å². The van der Waals surface area contributed by atoms with Crippen LogP contribution in [0.4, 0.5) is 13.2 Å². The molecule has 0 aromatic heterocycles. The van der Waals surface area contributed by atoms with Gasteiger partial charge in [0.15, 0.2) is 0 Å². The van der Waals surface area contributed by atoms with E-state index in [1.54, 1.807) is 12.1 Å². The molecule has 0 fully saturated rings. The number of rotatable bonds is 2. The molecule has 100 valence electrons. The first-order valence-electron chi connectivity index (χ1n) is 5.80. The summed E-state index contributed by atoms with van der Waals surface area (Å²) < 4.78 is 37.4. The van der Waals surface area contributed by atoms with Crippen LogP contribution in [0.25, 0.3) is 11.1 Å². The van der Waals surface area contributed by atoms with Crippen molar-refractivity contribution in [2.24, 2.45) is 0 Å². The summed E-state index contributed by atoms with van der Waals surface area (Å²) in [7, 11) is 0. The molecule has 1 N–H and O–H groups in total. The highest BCUT2D eigenvalue weighted by Gasteiger charge is 2.29. The highest BCUT2D eigenvalue weighted by molar-refractivity contribution is 5.65. The molecule has 2 aromatic carbocycles. The molecule has 0 radical (unpaired) electrons. The van der Waals surface area contributed by atoms with E-state index in [1.807, 2.05) is 13.0 Å². The van der Waals surface area contributed by atoms with Crippen LogP contribution in [0, 0.1) is 6.92 Å². The zero-order valence-corrected chi connectivity index (χ0v) is 10.3. The standard InChI is InChI=1S/C15H13F3O/c1-10-8-12(2-3-13(10)9-19)11-4-6-14(7-5-11)15(16,17)18/h2-8,19H,9H2,1H3. The minimum atomic E-state index is -4.31. The summed E-state index contributed by atoms with van der Waals surface area (Å²) in [6, 6.07) is 10.5. The fourth-order valence-corrected chi connectivity index (χ4v) is 1.90. The van der Waals surface area contributed by atoms with Crippen molar-refractivity contribution in [2.75, 3.05) is 0 Å². The van der Waals surface area contributed by atoms with Crippen LogP contribution in [0.5, 0.6) is 0 Å². The van der Waals surface area contributed by atoms with Gasteiger partial charge < -0.3 is 5.11 Å². The Kier molecular flexibility index (Phi) is 3.62. The molecule has 0 atom stereocenters. The van der Waals surface area contributed by atoms with E-state index in [0.29, 0.717) is 0 Å². The number of hydrogen-bond donors (Lipinski definition) is 1. The largest absolute Gasteiger partial charge is 0.416 e. The first-order chi connectivity index (χ1) is 8.91. The van der Waals surface area contributed by atoms with Gasteiger partial charge in [-0.3, -0.25) is 0 Å². The molecular formula is C15H13F3O. The van der Waals surface area contributed by atoms with Gasteiger partial charge in [-0.05, 0) is 41.3 Å². The molecule has 2 rings (SSSR count). The Balaban J connectivity index is 2.35. The zero-order chi connectivity index (χ0) is 14.0. The van der Waals surface area contributed by atoms with Crippen LogP contribution in [0.2, 0.25) is 0 Å². The van der Waals surface area contributed by atoms with Crippen LogP contribution in [0.3, 0.4) is 0 Å². The quantitative estimate of drug-likeness (QED) is 0.864. The van der Waals surface area contributed by atoms with Crippen molar-refractivity contribution in [1.29, 1.82) is 0 Å². The summed E-state index contributed by atoms with van der Waals surface area (Å²) in [5.74, 6) is 0. The molecule has 0 aliphatic rings. The summed E-state index contributed by atoms with van der Waals surface area (Å²) in [4.78, 5) is 0. The summed E-state index contributed by atoms with van der Waals surface area (Å²) in [5.41, 5.74) is 2.64. The van der Waals surface area contributed by atoms with Gasteiger partial charge in [-0.1, -0.05) is 30.3 Å². The van der Waals surface area contributed by atoms with E-state index in [9.17, 15) is 13.2 Å². The number of aryl methyl sites for hydroxylation is 1. The minimum absolute atomic E-state index is 0.0425. The predicted octanol–water partition coefficient (Wildman–Crippen LogP) is 4.17. The van der Waals surface area contributed by atoms with Gasteiger partial charge in [-0.25, -0.2) is 0 Å². The molecule has 4 heteroatoms. The van der Waals surface area contributed by atoms with Crippen molar-refractivity contribution in [3.8, 4) is 11.1 Å². The third-order valence-electron chi connectivity index (χ3n) is 3.06. The van der Waals surface area contributed by atoms with E-state index < -0.39 is 11.7 Å². The molecular weight excluding hydrogens is 253 g/mol. The third-order valence-corrected chi connectivity index (χ3v) is 3.06. The van der Waals surface area contributed by atoms with Gasteiger partial charge in [0.05, 0.1) is 12.2 Å². The first kappa shape index (κ1) is 13.6. The number of benzene rings is 2. The Labute approximate surface area is 109 Å². The smallest absolute Gasteiger partial charge is 0.392 e. The van der Waals surface area contributed by atoms with Gasteiger partial charge in [-0.15, -0.1) is 0 Å². The zero-order valence-electron chi connectivity index (χ0n) is 10.3. The minimum Gasteiger partial charge on any atom is -0.392 e. The molecule has 0 aliphatic carbocycles. The van der Waals surface area contributed by atoms with Crippen molar-refractivity contribution >= 4 is 0 Å². The molecule has 0 heterocycles. The van der Waals surface area contributed by atoms with Gasteiger partial charge in [0.25, 0.3) is 0 Å². The van der Waals surface area contributed by atoms with Crippen LogP contribution < -0.4 is 0 Å². The van der Waals surface area contributed by atoms with E-state index in [0.717, 1.165) is 34.4 Å². The molecule has 1 nitrogen and oxygen atoms in total. The van der Waals surface area contributed by atoms with Crippen LogP contribution in [-0.2, 0) is 12.8 Å². The summed E-state index contributed by atoms with van der Waals surface area (Å²) in [6.07, 6.45) is -4.31. The lowest BCUT2D eigenvalue weighted by Gasteiger charge is -2.09. The van der Waals surface area contributed by atoms with E-state index in [4.69, 9.17) is 5.11 Å². The fourth-order valence-electron chi connectivity index (χ4n) is 1.90. The molecule has 0 saturated heterocycles. The van der Waals surface area contributed by atoms with Gasteiger partial charge in [0.1, 0.15) is 0 Å². The van der Waals surface area contributed by atoms with E-state index in [-0.39, 0.29) is 6.61 Å².